The van der Waals surface area contributed by atoms with Crippen LogP contribution in [0.4, 0.5) is 5.69 Å². The van der Waals surface area contributed by atoms with Gasteiger partial charge in [0.1, 0.15) is 5.65 Å². The highest BCUT2D eigenvalue weighted by atomic mass is 16.5. The van der Waals surface area contributed by atoms with E-state index in [4.69, 9.17) is 9.84 Å². The number of anilines is 1. The summed E-state index contributed by atoms with van der Waals surface area (Å²) in [7, 11) is 1.82. The Hall–Kier alpha value is -3.50. The molecule has 2 fully saturated rings. The monoisotopic (exact) mass is 461 g/mol. The van der Waals surface area contributed by atoms with Crippen molar-refractivity contribution in [2.45, 2.75) is 43.9 Å². The van der Waals surface area contributed by atoms with Gasteiger partial charge in [0.2, 0.25) is 0 Å². The van der Waals surface area contributed by atoms with Gasteiger partial charge in [-0.2, -0.15) is 5.10 Å². The molecule has 1 amide bonds. The summed E-state index contributed by atoms with van der Waals surface area (Å²) in [4.78, 5) is 22.1. The van der Waals surface area contributed by atoms with Crippen LogP contribution in [0.25, 0.3) is 27.9 Å². The van der Waals surface area contributed by atoms with Crippen molar-refractivity contribution in [2.75, 3.05) is 25.6 Å². The molecule has 5 heterocycles. The van der Waals surface area contributed by atoms with Crippen LogP contribution in [0.2, 0.25) is 0 Å². The number of ether oxygens (including phenoxy) is 1. The molecule has 6 rings (SSSR count). The van der Waals surface area contributed by atoms with E-state index in [2.05, 4.69) is 37.4 Å². The third-order valence-electron chi connectivity index (χ3n) is 6.97. The van der Waals surface area contributed by atoms with Gasteiger partial charge in [-0.1, -0.05) is 0 Å². The maximum atomic E-state index is 13.0. The summed E-state index contributed by atoms with van der Waals surface area (Å²) in [5.74, 6) is -0.297. The Morgan fingerprint density at radius 1 is 1.18 bits per heavy atom. The predicted molar refractivity (Wildman–Crippen MR) is 127 cm³/mol. The van der Waals surface area contributed by atoms with Crippen molar-refractivity contribution in [1.29, 1.82) is 0 Å². The second-order valence-electron chi connectivity index (χ2n) is 8.96. The Morgan fingerprint density at radius 2 is 2.03 bits per heavy atom. The first-order valence-electron chi connectivity index (χ1n) is 11.7. The lowest BCUT2D eigenvalue weighted by Gasteiger charge is -2.32. The fourth-order valence-electron chi connectivity index (χ4n) is 4.86. The standard InChI is InChI=1S/C24H27N7O3/c1-25-19-11-18(29-31-20(12-27-23(19)31)24(33)28-17-4-5-21(17)32)16-13-30(14-6-9-34-10-7-14)22-15(16)3-2-8-26-22/h2-3,8,11-14,17,21,25,32H,4-7,9-10H2,1H3,(H,28,33)/t17?,21-/m1/s1. The molecule has 10 heteroatoms. The summed E-state index contributed by atoms with van der Waals surface area (Å²) >= 11 is 0. The summed E-state index contributed by atoms with van der Waals surface area (Å²) in [6.07, 6.45) is 8.30. The first kappa shape index (κ1) is 21.1. The normalized spacial score (nSPS) is 21.0. The lowest BCUT2D eigenvalue weighted by molar-refractivity contribution is 0.0445. The van der Waals surface area contributed by atoms with Crippen molar-refractivity contribution in [3.63, 3.8) is 0 Å². The smallest absolute Gasteiger partial charge is 0.271 e. The maximum absolute atomic E-state index is 13.0. The third-order valence-corrected chi connectivity index (χ3v) is 6.97. The number of nitrogens with one attached hydrogen (secondary N) is 2. The zero-order valence-corrected chi connectivity index (χ0v) is 18.9. The van der Waals surface area contributed by atoms with Gasteiger partial charge in [0.15, 0.2) is 11.3 Å². The average Bonchev–Trinajstić information content (AvgIpc) is 3.48. The van der Waals surface area contributed by atoms with Crippen LogP contribution in [-0.4, -0.2) is 67.6 Å². The van der Waals surface area contributed by atoms with Gasteiger partial charge >= 0.3 is 0 Å². The average molecular weight is 462 g/mol. The first-order valence-corrected chi connectivity index (χ1v) is 11.7. The van der Waals surface area contributed by atoms with Crippen LogP contribution in [0, 0.1) is 0 Å². The van der Waals surface area contributed by atoms with Gasteiger partial charge in [-0.15, -0.1) is 0 Å². The largest absolute Gasteiger partial charge is 0.391 e. The van der Waals surface area contributed by atoms with Gasteiger partial charge in [0, 0.05) is 49.6 Å². The molecule has 0 bridgehead atoms. The fourth-order valence-corrected chi connectivity index (χ4v) is 4.86. The van der Waals surface area contributed by atoms with Crippen LogP contribution in [0.15, 0.2) is 36.8 Å². The SMILES string of the molecule is CNc1cc(-c2cn(C3CCOCC3)c3ncccc23)nn2c(C(=O)NC3CC[C@H]3O)cnc12. The molecule has 2 aliphatic rings. The van der Waals surface area contributed by atoms with E-state index in [0.717, 1.165) is 60.5 Å². The number of carbonyl (C=O) groups is 1. The lowest BCUT2D eigenvalue weighted by Crippen LogP contribution is -2.50. The van der Waals surface area contributed by atoms with Crippen molar-refractivity contribution in [3.8, 4) is 11.3 Å². The Morgan fingerprint density at radius 3 is 2.76 bits per heavy atom. The van der Waals surface area contributed by atoms with Crippen LogP contribution in [0.1, 0.15) is 42.2 Å². The number of hydrogen-bond donors (Lipinski definition) is 3. The molecule has 176 valence electrons. The number of aliphatic hydroxyl groups is 1. The van der Waals surface area contributed by atoms with Crippen molar-refractivity contribution in [3.05, 3.63) is 42.5 Å². The number of amides is 1. The molecule has 0 aromatic carbocycles. The topological polar surface area (TPSA) is 119 Å². The molecule has 34 heavy (non-hydrogen) atoms. The fraction of sp³-hybridized carbons (Fsp3) is 0.417. The lowest BCUT2D eigenvalue weighted by atomic mass is 9.89. The van der Waals surface area contributed by atoms with E-state index in [1.807, 2.05) is 25.4 Å². The molecule has 0 spiro atoms. The third kappa shape index (κ3) is 3.41. The van der Waals surface area contributed by atoms with Crippen LogP contribution in [0.3, 0.4) is 0 Å². The van der Waals surface area contributed by atoms with Crippen molar-refractivity contribution >= 4 is 28.3 Å². The molecule has 1 aliphatic carbocycles. The molecule has 2 atom stereocenters. The maximum Gasteiger partial charge on any atom is 0.271 e. The number of rotatable bonds is 5. The summed E-state index contributed by atoms with van der Waals surface area (Å²) < 4.78 is 9.37. The second-order valence-corrected chi connectivity index (χ2v) is 8.96. The van der Waals surface area contributed by atoms with E-state index < -0.39 is 6.10 Å². The number of pyridine rings is 1. The first-order chi connectivity index (χ1) is 16.6. The predicted octanol–water partition coefficient (Wildman–Crippen LogP) is 2.39. The van der Waals surface area contributed by atoms with Gasteiger partial charge < -0.3 is 25.0 Å². The minimum Gasteiger partial charge on any atom is -0.391 e. The highest BCUT2D eigenvalue weighted by molar-refractivity contribution is 5.96. The molecular weight excluding hydrogens is 434 g/mol. The minimum atomic E-state index is -0.497. The van der Waals surface area contributed by atoms with Crippen LogP contribution in [0.5, 0.6) is 0 Å². The number of carbonyl (C=O) groups excluding carboxylic acids is 1. The number of aromatic nitrogens is 5. The highest BCUT2D eigenvalue weighted by Crippen LogP contribution is 2.34. The number of imidazole rings is 1. The number of aliphatic hydroxyl groups excluding tert-OH is 1. The van der Waals surface area contributed by atoms with Crippen LogP contribution < -0.4 is 10.6 Å². The van der Waals surface area contributed by atoms with E-state index in [9.17, 15) is 9.90 Å². The summed E-state index contributed by atoms with van der Waals surface area (Å²) in [6, 6.07) is 6.02. The molecule has 10 nitrogen and oxygen atoms in total. The van der Waals surface area contributed by atoms with E-state index in [-0.39, 0.29) is 11.9 Å². The molecule has 1 aliphatic heterocycles. The minimum absolute atomic E-state index is 0.228. The molecule has 1 unspecified atom stereocenters. The number of fused-ring (bicyclic) bond motifs is 2. The Bertz CT molecular complexity index is 1370. The Balaban J connectivity index is 1.46. The molecular formula is C24H27N7O3. The van der Waals surface area contributed by atoms with E-state index >= 15 is 0 Å². The molecule has 3 N–H and O–H groups in total. The second kappa shape index (κ2) is 8.37. The highest BCUT2D eigenvalue weighted by Gasteiger charge is 2.31. The zero-order valence-electron chi connectivity index (χ0n) is 18.9. The molecule has 0 radical (unpaired) electrons. The Labute approximate surface area is 196 Å². The van der Waals surface area contributed by atoms with Crippen molar-refractivity contribution in [1.82, 2.24) is 29.5 Å². The van der Waals surface area contributed by atoms with Crippen LogP contribution >= 0.6 is 0 Å². The molecule has 1 saturated carbocycles. The number of nitrogens with zero attached hydrogens (tertiary/aromatic N) is 5. The Kier molecular flexibility index (Phi) is 5.19. The van der Waals surface area contributed by atoms with E-state index in [1.165, 1.54) is 6.20 Å². The molecule has 4 aromatic heterocycles. The molecule has 4 aromatic rings. The summed E-state index contributed by atoms with van der Waals surface area (Å²) in [5, 5.41) is 21.8. The summed E-state index contributed by atoms with van der Waals surface area (Å²) in [5.41, 5.74) is 4.25. The number of hydrogen-bond acceptors (Lipinski definition) is 7. The molecule has 1 saturated heterocycles. The van der Waals surface area contributed by atoms with Gasteiger partial charge in [-0.3, -0.25) is 4.79 Å². The van der Waals surface area contributed by atoms with Crippen molar-refractivity contribution < 1.29 is 14.6 Å². The van der Waals surface area contributed by atoms with Gasteiger partial charge in [0.25, 0.3) is 5.91 Å². The van der Waals surface area contributed by atoms with E-state index in [1.54, 1.807) is 4.52 Å². The summed E-state index contributed by atoms with van der Waals surface area (Å²) in [6.45, 7) is 1.48. The van der Waals surface area contributed by atoms with Crippen molar-refractivity contribution in [2.24, 2.45) is 0 Å². The van der Waals surface area contributed by atoms with Gasteiger partial charge in [-0.05, 0) is 43.9 Å². The van der Waals surface area contributed by atoms with E-state index in [0.29, 0.717) is 23.8 Å². The van der Waals surface area contributed by atoms with Gasteiger partial charge in [-0.25, -0.2) is 14.5 Å². The zero-order chi connectivity index (χ0) is 23.2. The van der Waals surface area contributed by atoms with Crippen LogP contribution in [-0.2, 0) is 4.74 Å². The van der Waals surface area contributed by atoms with Gasteiger partial charge in [0.05, 0.1) is 29.7 Å². The quantitative estimate of drug-likeness (QED) is 0.418.